The number of carbonyl (C=O) groups is 1. The first-order valence-electron chi connectivity index (χ1n) is 9.63. The first kappa shape index (κ1) is 20.6. The molecule has 0 bridgehead atoms. The van der Waals surface area contributed by atoms with Crippen LogP contribution in [-0.4, -0.2) is 56.1 Å². The summed E-state index contributed by atoms with van der Waals surface area (Å²) in [6.45, 7) is 1.55. The summed E-state index contributed by atoms with van der Waals surface area (Å²) in [4.78, 5) is 31.7. The molecule has 4 rings (SSSR count). The summed E-state index contributed by atoms with van der Waals surface area (Å²) in [5.41, 5.74) is 8.69. The number of ether oxygens (including phenoxy) is 1. The third-order valence-electron chi connectivity index (χ3n) is 5.23. The van der Waals surface area contributed by atoms with Crippen LogP contribution < -0.4 is 10.5 Å². The van der Waals surface area contributed by atoms with Gasteiger partial charge >= 0.3 is 0 Å². The van der Waals surface area contributed by atoms with E-state index in [2.05, 4.69) is 19.9 Å². The number of aliphatic hydroxyl groups is 1. The second-order valence-electron chi connectivity index (χ2n) is 7.11. The standard InChI is InChI=1S/C21H21FN6O3/c1-11-19-15(27-21(23)25-11)8-17(28(5-6-29)20(19)30)13-4-3-12(22)7-14(13)16-9-24-10-18(26-16)31-2/h3-4,7,9-10,17,29H,5-6,8H2,1-2H3,(H2,23,25,27)/t17-/m1/s1. The van der Waals surface area contributed by atoms with E-state index < -0.39 is 11.9 Å². The highest BCUT2D eigenvalue weighted by Gasteiger charge is 2.37. The highest BCUT2D eigenvalue weighted by Crippen LogP contribution is 2.38. The molecule has 1 amide bonds. The lowest BCUT2D eigenvalue weighted by Gasteiger charge is -2.37. The summed E-state index contributed by atoms with van der Waals surface area (Å²) in [7, 11) is 1.46. The Bertz CT molecular complexity index is 1160. The van der Waals surface area contributed by atoms with Crippen LogP contribution in [0.15, 0.2) is 30.6 Å². The minimum atomic E-state index is -0.524. The number of fused-ring (bicyclic) bond motifs is 1. The molecule has 1 aliphatic heterocycles. The number of hydrogen-bond donors (Lipinski definition) is 2. The molecule has 10 heteroatoms. The van der Waals surface area contributed by atoms with Gasteiger partial charge in [0.2, 0.25) is 11.8 Å². The van der Waals surface area contributed by atoms with Crippen molar-refractivity contribution in [3.05, 3.63) is 58.9 Å². The Hall–Kier alpha value is -3.66. The van der Waals surface area contributed by atoms with Crippen LogP contribution in [-0.2, 0) is 6.42 Å². The molecule has 0 aliphatic carbocycles. The van der Waals surface area contributed by atoms with E-state index in [9.17, 15) is 14.3 Å². The van der Waals surface area contributed by atoms with Crippen molar-refractivity contribution in [1.82, 2.24) is 24.8 Å². The fourth-order valence-corrected chi connectivity index (χ4v) is 3.92. The molecule has 2 aromatic heterocycles. The van der Waals surface area contributed by atoms with Crippen LogP contribution in [0.3, 0.4) is 0 Å². The molecule has 3 N–H and O–H groups in total. The number of β-amino-alcohol motifs (C(OH)–C–C–N with tert-alkyl or cyclic N) is 1. The third kappa shape index (κ3) is 3.77. The van der Waals surface area contributed by atoms with Crippen LogP contribution in [0.2, 0.25) is 0 Å². The summed E-state index contributed by atoms with van der Waals surface area (Å²) >= 11 is 0. The zero-order chi connectivity index (χ0) is 22.1. The summed E-state index contributed by atoms with van der Waals surface area (Å²) in [6.07, 6.45) is 3.27. The van der Waals surface area contributed by atoms with Crippen LogP contribution in [0.1, 0.15) is 33.4 Å². The van der Waals surface area contributed by atoms with Gasteiger partial charge in [-0.25, -0.2) is 19.3 Å². The Balaban J connectivity index is 1.89. The van der Waals surface area contributed by atoms with E-state index in [-0.39, 0.29) is 30.9 Å². The molecule has 0 spiro atoms. The molecule has 9 nitrogen and oxygen atoms in total. The van der Waals surface area contributed by atoms with Crippen LogP contribution >= 0.6 is 0 Å². The first-order valence-corrected chi connectivity index (χ1v) is 9.63. The number of nitrogens with two attached hydrogens (primary N) is 1. The van der Waals surface area contributed by atoms with E-state index in [1.807, 2.05) is 0 Å². The van der Waals surface area contributed by atoms with Crippen LogP contribution in [0.4, 0.5) is 10.3 Å². The van der Waals surface area contributed by atoms with Gasteiger partial charge in [-0.2, -0.15) is 0 Å². The van der Waals surface area contributed by atoms with Gasteiger partial charge in [0.05, 0.1) is 54.8 Å². The number of aryl methyl sites for hydroxylation is 1. The van der Waals surface area contributed by atoms with Gasteiger partial charge in [-0.05, 0) is 24.6 Å². The van der Waals surface area contributed by atoms with Crippen molar-refractivity contribution < 1.29 is 19.0 Å². The fraction of sp³-hybridized carbons (Fsp3) is 0.286. The maximum absolute atomic E-state index is 14.2. The summed E-state index contributed by atoms with van der Waals surface area (Å²) < 4.78 is 19.4. The molecule has 31 heavy (non-hydrogen) atoms. The lowest BCUT2D eigenvalue weighted by Crippen LogP contribution is -2.43. The molecule has 0 radical (unpaired) electrons. The number of amides is 1. The number of nitrogens with zero attached hydrogens (tertiary/aromatic N) is 5. The lowest BCUT2D eigenvalue weighted by molar-refractivity contribution is 0.0597. The molecular weight excluding hydrogens is 403 g/mol. The van der Waals surface area contributed by atoms with Crippen molar-refractivity contribution in [1.29, 1.82) is 0 Å². The second kappa shape index (κ2) is 8.23. The van der Waals surface area contributed by atoms with Crippen LogP contribution in [0, 0.1) is 12.7 Å². The number of aromatic nitrogens is 4. The number of hydrogen-bond acceptors (Lipinski definition) is 8. The predicted molar refractivity (Wildman–Crippen MR) is 110 cm³/mol. The van der Waals surface area contributed by atoms with Crippen molar-refractivity contribution in [3.63, 3.8) is 0 Å². The van der Waals surface area contributed by atoms with E-state index in [1.54, 1.807) is 17.9 Å². The molecule has 1 aliphatic rings. The predicted octanol–water partition coefficient (Wildman–Crippen LogP) is 1.70. The molecular formula is C21H21FN6O3. The molecule has 0 unspecified atom stereocenters. The second-order valence-corrected chi connectivity index (χ2v) is 7.11. The van der Waals surface area contributed by atoms with Gasteiger partial charge in [0, 0.05) is 18.5 Å². The molecule has 1 aromatic carbocycles. The lowest BCUT2D eigenvalue weighted by atomic mass is 9.88. The summed E-state index contributed by atoms with van der Waals surface area (Å²) in [5.74, 6) is -0.413. The van der Waals surface area contributed by atoms with Crippen molar-refractivity contribution in [2.24, 2.45) is 0 Å². The molecule has 0 saturated heterocycles. The number of nitrogen functional groups attached to an aromatic ring is 1. The third-order valence-corrected chi connectivity index (χ3v) is 5.23. The number of carbonyl (C=O) groups excluding carboxylic acids is 1. The van der Waals surface area contributed by atoms with Gasteiger partial charge in [-0.1, -0.05) is 6.07 Å². The van der Waals surface area contributed by atoms with Gasteiger partial charge in [-0.3, -0.25) is 9.78 Å². The van der Waals surface area contributed by atoms with Gasteiger partial charge in [0.1, 0.15) is 5.82 Å². The van der Waals surface area contributed by atoms with Gasteiger partial charge in [0.25, 0.3) is 5.91 Å². The number of halogens is 1. The van der Waals surface area contributed by atoms with Gasteiger partial charge < -0.3 is 20.5 Å². The SMILES string of the molecule is COc1cncc(-c2cc(F)ccc2[C@H]2Cc3nc(N)nc(C)c3C(=O)N2CCO)n1. The number of anilines is 1. The Kier molecular flexibility index (Phi) is 5.47. The zero-order valence-corrected chi connectivity index (χ0v) is 17.0. The number of rotatable bonds is 5. The zero-order valence-electron chi connectivity index (χ0n) is 17.0. The van der Waals surface area contributed by atoms with Crippen molar-refractivity contribution >= 4 is 11.9 Å². The molecule has 1 atom stereocenters. The van der Waals surface area contributed by atoms with Gasteiger partial charge in [0.15, 0.2) is 0 Å². The smallest absolute Gasteiger partial charge is 0.258 e. The molecule has 0 saturated carbocycles. The van der Waals surface area contributed by atoms with E-state index in [0.29, 0.717) is 40.2 Å². The Morgan fingerprint density at radius 3 is 2.84 bits per heavy atom. The fourth-order valence-electron chi connectivity index (χ4n) is 3.92. The van der Waals surface area contributed by atoms with E-state index >= 15 is 0 Å². The molecule has 0 fully saturated rings. The number of benzene rings is 1. The average molecular weight is 424 g/mol. The molecule has 3 aromatic rings. The van der Waals surface area contributed by atoms with Gasteiger partial charge in [-0.15, -0.1) is 0 Å². The molecule has 160 valence electrons. The van der Waals surface area contributed by atoms with E-state index in [0.717, 1.165) is 0 Å². The summed E-state index contributed by atoms with van der Waals surface area (Å²) in [6, 6.07) is 3.75. The van der Waals surface area contributed by atoms with Crippen molar-refractivity contribution in [2.75, 3.05) is 26.0 Å². The minimum absolute atomic E-state index is 0.0800. The van der Waals surface area contributed by atoms with E-state index in [1.165, 1.54) is 31.6 Å². The number of aliphatic hydroxyl groups excluding tert-OH is 1. The maximum Gasteiger partial charge on any atom is 0.258 e. The normalized spacial score (nSPS) is 15.7. The van der Waals surface area contributed by atoms with Crippen molar-refractivity contribution in [2.45, 2.75) is 19.4 Å². The highest BCUT2D eigenvalue weighted by molar-refractivity contribution is 5.98. The quantitative estimate of drug-likeness (QED) is 0.634. The minimum Gasteiger partial charge on any atom is -0.480 e. The maximum atomic E-state index is 14.2. The van der Waals surface area contributed by atoms with Crippen LogP contribution in [0.25, 0.3) is 11.3 Å². The van der Waals surface area contributed by atoms with E-state index in [4.69, 9.17) is 10.5 Å². The molecule has 3 heterocycles. The Labute approximate surface area is 177 Å². The first-order chi connectivity index (χ1) is 14.9. The van der Waals surface area contributed by atoms with Crippen LogP contribution in [0.5, 0.6) is 5.88 Å². The Morgan fingerprint density at radius 1 is 1.29 bits per heavy atom. The highest BCUT2D eigenvalue weighted by atomic mass is 19.1. The van der Waals surface area contributed by atoms with Crippen molar-refractivity contribution in [3.8, 4) is 17.1 Å². The Morgan fingerprint density at radius 2 is 2.10 bits per heavy atom. The average Bonchev–Trinajstić information content (AvgIpc) is 2.75. The topological polar surface area (TPSA) is 127 Å². The largest absolute Gasteiger partial charge is 0.480 e. The number of methoxy groups -OCH3 is 1. The summed E-state index contributed by atoms with van der Waals surface area (Å²) in [5, 5.41) is 9.62. The monoisotopic (exact) mass is 424 g/mol.